The fourth-order valence-corrected chi connectivity index (χ4v) is 9.36. The minimum atomic E-state index is 0.541. The van der Waals surface area contributed by atoms with Gasteiger partial charge in [-0.15, -0.1) is 11.3 Å². The number of para-hydroxylation sites is 2. The molecule has 4 bridgehead atoms. The van der Waals surface area contributed by atoms with Gasteiger partial charge in [0.1, 0.15) is 0 Å². The van der Waals surface area contributed by atoms with E-state index in [0.717, 1.165) is 52.0 Å². The van der Waals surface area contributed by atoms with Gasteiger partial charge >= 0.3 is 0 Å². The predicted molar refractivity (Wildman–Crippen MR) is 140 cm³/mol. The van der Waals surface area contributed by atoms with Gasteiger partial charge in [-0.1, -0.05) is 37.8 Å². The van der Waals surface area contributed by atoms with E-state index >= 15 is 0 Å². The first-order chi connectivity index (χ1) is 16.6. The van der Waals surface area contributed by atoms with Crippen molar-refractivity contribution in [3.8, 4) is 10.7 Å². The van der Waals surface area contributed by atoms with Crippen molar-refractivity contribution in [3.63, 3.8) is 0 Å². The molecule has 3 aromatic rings. The van der Waals surface area contributed by atoms with Crippen LogP contribution in [-0.4, -0.2) is 37.6 Å². The number of aryl methyl sites for hydroxylation is 2. The van der Waals surface area contributed by atoms with Crippen LogP contribution in [0.2, 0.25) is 0 Å². The first kappa shape index (κ1) is 21.6. The Balaban J connectivity index is 1.24. The maximum atomic E-state index is 5.19. The third kappa shape index (κ3) is 3.57. The molecule has 2 aliphatic carbocycles. The quantitative estimate of drug-likeness (QED) is 0.399. The molecule has 2 aromatic heterocycles. The summed E-state index contributed by atoms with van der Waals surface area (Å²) in [5, 5.41) is 1.14. The van der Waals surface area contributed by atoms with Crippen LogP contribution in [0.15, 0.2) is 24.3 Å². The second kappa shape index (κ2) is 8.44. The number of piperidine rings is 2. The van der Waals surface area contributed by atoms with E-state index in [-0.39, 0.29) is 0 Å². The van der Waals surface area contributed by atoms with Crippen molar-refractivity contribution in [2.75, 3.05) is 0 Å². The van der Waals surface area contributed by atoms with Gasteiger partial charge in [0.15, 0.2) is 5.82 Å². The summed E-state index contributed by atoms with van der Waals surface area (Å²) in [6.07, 6.45) is 15.7. The summed E-state index contributed by atoms with van der Waals surface area (Å²) in [4.78, 5) is 14.3. The minimum Gasteiger partial charge on any atom is -0.320 e. The van der Waals surface area contributed by atoms with Crippen LogP contribution in [0.3, 0.4) is 0 Å². The number of aromatic nitrogens is 3. The first-order valence-corrected chi connectivity index (χ1v) is 14.6. The zero-order valence-electron chi connectivity index (χ0n) is 20.7. The maximum Gasteiger partial charge on any atom is 0.153 e. The number of thiazole rings is 1. The standard InChI is InChI=1S/C29H38N4S/c1-18-28(34-19(2)30-18)29-31-26-11-3-4-12-27(26)33(29)25-16-22-9-6-10-23(17-25)32(22)24-14-20-7-5-8-21(13-20)15-24/h3-4,11-12,20-25H,5-10,13-17H2,1-2H3/t20-,21+,22-,23+,24?,25?. The van der Waals surface area contributed by atoms with Crippen LogP contribution in [0.4, 0.5) is 0 Å². The molecule has 4 nitrogen and oxygen atoms in total. The van der Waals surface area contributed by atoms with E-state index in [1.54, 1.807) is 0 Å². The van der Waals surface area contributed by atoms with Crippen LogP contribution in [0.1, 0.15) is 87.4 Å². The van der Waals surface area contributed by atoms with Gasteiger partial charge < -0.3 is 4.57 Å². The summed E-state index contributed by atoms with van der Waals surface area (Å²) < 4.78 is 2.63. The maximum absolute atomic E-state index is 5.19. The Bertz CT molecular complexity index is 1170. The summed E-state index contributed by atoms with van der Waals surface area (Å²) in [7, 11) is 0. The molecule has 4 aliphatic rings. The molecule has 2 unspecified atom stereocenters. The fraction of sp³-hybridized carbons (Fsp3) is 0.655. The van der Waals surface area contributed by atoms with Crippen LogP contribution in [0, 0.1) is 25.7 Å². The molecule has 180 valence electrons. The van der Waals surface area contributed by atoms with Crippen molar-refractivity contribution < 1.29 is 0 Å². The molecule has 2 saturated heterocycles. The summed E-state index contributed by atoms with van der Waals surface area (Å²) in [6, 6.07) is 11.7. The molecule has 1 aromatic carbocycles. The smallest absolute Gasteiger partial charge is 0.153 e. The van der Waals surface area contributed by atoms with Crippen molar-refractivity contribution in [2.45, 2.75) is 109 Å². The van der Waals surface area contributed by atoms with E-state index in [1.807, 2.05) is 11.3 Å². The van der Waals surface area contributed by atoms with E-state index in [1.165, 1.54) is 81.0 Å². The highest BCUT2D eigenvalue weighted by Crippen LogP contribution is 2.48. The second-order valence-electron chi connectivity index (χ2n) is 11.8. The topological polar surface area (TPSA) is 34.0 Å². The molecular weight excluding hydrogens is 436 g/mol. The zero-order chi connectivity index (χ0) is 22.8. The summed E-state index contributed by atoms with van der Waals surface area (Å²) in [6.45, 7) is 4.27. The SMILES string of the molecule is Cc1nc(C)c(-c2nc3ccccc3n2C2C[C@H]3CCC[C@@H](C2)N3C2C[C@H]3CCC[C@@H](C2)C3)s1. The van der Waals surface area contributed by atoms with Crippen LogP contribution in [0.25, 0.3) is 21.7 Å². The van der Waals surface area contributed by atoms with Crippen LogP contribution < -0.4 is 0 Å². The summed E-state index contributed by atoms with van der Waals surface area (Å²) >= 11 is 1.81. The van der Waals surface area contributed by atoms with Gasteiger partial charge in [-0.3, -0.25) is 4.90 Å². The Hall–Kier alpha value is -1.72. The lowest BCUT2D eigenvalue weighted by Crippen LogP contribution is -2.58. The largest absolute Gasteiger partial charge is 0.320 e. The molecule has 7 rings (SSSR count). The molecule has 0 spiro atoms. The normalized spacial score (nSPS) is 33.9. The molecular formula is C29H38N4S. The highest BCUT2D eigenvalue weighted by atomic mass is 32.1. The Morgan fingerprint density at radius 2 is 1.47 bits per heavy atom. The van der Waals surface area contributed by atoms with Gasteiger partial charge in [0, 0.05) is 24.2 Å². The Morgan fingerprint density at radius 3 is 2.18 bits per heavy atom. The lowest BCUT2D eigenvalue weighted by atomic mass is 9.68. The van der Waals surface area contributed by atoms with Gasteiger partial charge in [-0.05, 0) is 82.8 Å². The zero-order valence-corrected chi connectivity index (χ0v) is 21.6. The molecule has 34 heavy (non-hydrogen) atoms. The number of hydrogen-bond acceptors (Lipinski definition) is 4. The van der Waals surface area contributed by atoms with E-state index < -0.39 is 0 Å². The summed E-state index contributed by atoms with van der Waals surface area (Å²) in [5.41, 5.74) is 3.58. The molecule has 6 atom stereocenters. The van der Waals surface area contributed by atoms with Crippen molar-refractivity contribution >= 4 is 22.4 Å². The lowest BCUT2D eigenvalue weighted by Gasteiger charge is -2.55. The average Bonchev–Trinajstić information content (AvgIpc) is 3.36. The fourth-order valence-electron chi connectivity index (χ4n) is 8.45. The monoisotopic (exact) mass is 474 g/mol. The number of fused-ring (bicyclic) bond motifs is 5. The minimum absolute atomic E-state index is 0.541. The third-order valence-electron chi connectivity index (χ3n) is 9.60. The second-order valence-corrected chi connectivity index (χ2v) is 13.0. The number of hydrogen-bond donors (Lipinski definition) is 0. The first-order valence-electron chi connectivity index (χ1n) is 13.8. The number of benzene rings is 1. The van der Waals surface area contributed by atoms with Crippen LogP contribution in [0.5, 0.6) is 0 Å². The molecule has 2 saturated carbocycles. The van der Waals surface area contributed by atoms with Crippen LogP contribution in [-0.2, 0) is 0 Å². The van der Waals surface area contributed by atoms with Gasteiger partial charge in [-0.25, -0.2) is 9.97 Å². The molecule has 4 heterocycles. The highest BCUT2D eigenvalue weighted by molar-refractivity contribution is 7.15. The van der Waals surface area contributed by atoms with E-state index in [9.17, 15) is 0 Å². The number of imidazole rings is 1. The molecule has 5 heteroatoms. The Kier molecular flexibility index (Phi) is 5.35. The van der Waals surface area contributed by atoms with Crippen molar-refractivity contribution in [1.82, 2.24) is 19.4 Å². The lowest BCUT2D eigenvalue weighted by molar-refractivity contribution is -0.0480. The predicted octanol–water partition coefficient (Wildman–Crippen LogP) is 7.30. The van der Waals surface area contributed by atoms with E-state index in [0.29, 0.717) is 6.04 Å². The van der Waals surface area contributed by atoms with Crippen molar-refractivity contribution in [1.29, 1.82) is 0 Å². The number of rotatable bonds is 3. The molecule has 0 radical (unpaired) electrons. The molecule has 4 fully saturated rings. The molecule has 0 N–H and O–H groups in total. The molecule has 2 aliphatic heterocycles. The van der Waals surface area contributed by atoms with Gasteiger partial charge in [0.25, 0.3) is 0 Å². The Labute approximate surface area is 207 Å². The summed E-state index contributed by atoms with van der Waals surface area (Å²) in [5.74, 6) is 3.18. The van der Waals surface area contributed by atoms with Gasteiger partial charge in [0.2, 0.25) is 0 Å². The van der Waals surface area contributed by atoms with Crippen molar-refractivity contribution in [2.24, 2.45) is 11.8 Å². The van der Waals surface area contributed by atoms with E-state index in [2.05, 4.69) is 47.6 Å². The highest BCUT2D eigenvalue weighted by Gasteiger charge is 2.45. The van der Waals surface area contributed by atoms with Gasteiger partial charge in [0.05, 0.1) is 26.6 Å². The van der Waals surface area contributed by atoms with Crippen LogP contribution >= 0.6 is 11.3 Å². The Morgan fingerprint density at radius 1 is 0.765 bits per heavy atom. The third-order valence-corrected chi connectivity index (χ3v) is 10.7. The number of nitrogens with zero attached hydrogens (tertiary/aromatic N) is 4. The molecule has 0 amide bonds. The van der Waals surface area contributed by atoms with Crippen molar-refractivity contribution in [3.05, 3.63) is 35.0 Å². The van der Waals surface area contributed by atoms with Gasteiger partial charge in [-0.2, -0.15) is 0 Å². The van der Waals surface area contributed by atoms with E-state index in [4.69, 9.17) is 9.97 Å². The average molecular weight is 475 g/mol.